The Balaban J connectivity index is 1.26. The van der Waals surface area contributed by atoms with Gasteiger partial charge in [-0.05, 0) is 29.6 Å². The van der Waals surface area contributed by atoms with Crippen molar-refractivity contribution in [2.45, 2.75) is 0 Å². The first kappa shape index (κ1) is 16.8. The molecule has 5 rings (SSSR count). The fraction of sp³-hybridized carbons (Fsp3) is 0.222. The number of rotatable bonds is 3. The molecular weight excluding hydrogens is 398 g/mol. The minimum Gasteiger partial charge on any atom is -0.345 e. The van der Waals surface area contributed by atoms with Gasteiger partial charge in [-0.3, -0.25) is 4.79 Å². The quantitative estimate of drug-likeness (QED) is 0.511. The fourth-order valence-corrected chi connectivity index (χ4v) is 5.21. The first-order valence-electron chi connectivity index (χ1n) is 8.52. The predicted octanol–water partition coefficient (Wildman–Crippen LogP) is 3.84. The van der Waals surface area contributed by atoms with Crippen molar-refractivity contribution >= 4 is 56.5 Å². The second-order valence-corrected chi connectivity index (χ2v) is 8.42. The maximum Gasteiger partial charge on any atom is 0.254 e. The molecule has 0 saturated carbocycles. The molecular formula is C18H15N5OS3. The molecule has 1 aliphatic rings. The van der Waals surface area contributed by atoms with Crippen LogP contribution in [0.3, 0.4) is 0 Å². The van der Waals surface area contributed by atoms with Gasteiger partial charge in [-0.2, -0.15) is 20.1 Å². The Morgan fingerprint density at radius 2 is 1.85 bits per heavy atom. The lowest BCUT2D eigenvalue weighted by Crippen LogP contribution is -2.48. The van der Waals surface area contributed by atoms with Crippen molar-refractivity contribution in [3.8, 4) is 11.3 Å². The van der Waals surface area contributed by atoms with E-state index < -0.39 is 0 Å². The average molecular weight is 414 g/mol. The largest absolute Gasteiger partial charge is 0.345 e. The van der Waals surface area contributed by atoms with Crippen LogP contribution < -0.4 is 4.90 Å². The number of carbonyl (C=O) groups is 1. The molecule has 0 radical (unpaired) electrons. The van der Waals surface area contributed by atoms with Gasteiger partial charge in [0.2, 0.25) is 0 Å². The van der Waals surface area contributed by atoms with Gasteiger partial charge in [0, 0.05) is 48.1 Å². The zero-order chi connectivity index (χ0) is 18.2. The molecule has 0 atom stereocenters. The van der Waals surface area contributed by atoms with Crippen LogP contribution in [0.15, 0.2) is 40.4 Å². The summed E-state index contributed by atoms with van der Waals surface area (Å²) in [6.45, 7) is 2.98. The zero-order valence-electron chi connectivity index (χ0n) is 14.2. The summed E-state index contributed by atoms with van der Waals surface area (Å²) in [6, 6.07) is 7.63. The highest BCUT2D eigenvalue weighted by Crippen LogP contribution is 2.29. The lowest BCUT2D eigenvalue weighted by molar-refractivity contribution is 0.0747. The lowest BCUT2D eigenvalue weighted by atomic mass is 10.1. The van der Waals surface area contributed by atoms with Gasteiger partial charge >= 0.3 is 0 Å². The minimum absolute atomic E-state index is 0.0580. The highest BCUT2D eigenvalue weighted by Gasteiger charge is 2.24. The first-order valence-corrected chi connectivity index (χ1v) is 11.1. The molecule has 3 aromatic heterocycles. The van der Waals surface area contributed by atoms with Crippen molar-refractivity contribution in [3.63, 3.8) is 0 Å². The number of thiophene rings is 1. The highest BCUT2D eigenvalue weighted by atomic mass is 32.1. The van der Waals surface area contributed by atoms with Crippen LogP contribution in [0, 0.1) is 0 Å². The van der Waals surface area contributed by atoms with Gasteiger partial charge in [-0.25, -0.2) is 4.98 Å². The van der Waals surface area contributed by atoms with Gasteiger partial charge < -0.3 is 9.80 Å². The fourth-order valence-electron chi connectivity index (χ4n) is 3.15. The number of aromatic nitrogens is 3. The van der Waals surface area contributed by atoms with E-state index in [1.807, 2.05) is 23.1 Å². The summed E-state index contributed by atoms with van der Waals surface area (Å²) in [5.41, 5.74) is 4.50. The summed E-state index contributed by atoms with van der Waals surface area (Å²) in [5, 5.41) is 7.31. The van der Waals surface area contributed by atoms with E-state index in [2.05, 4.69) is 35.9 Å². The van der Waals surface area contributed by atoms with Crippen molar-refractivity contribution in [2.24, 2.45) is 0 Å². The normalized spacial score (nSPS) is 14.8. The summed E-state index contributed by atoms with van der Waals surface area (Å²) >= 11 is 4.52. The van der Waals surface area contributed by atoms with Crippen molar-refractivity contribution < 1.29 is 4.79 Å². The molecule has 1 aliphatic heterocycles. The Hall–Kier alpha value is -2.36. The van der Waals surface area contributed by atoms with Crippen molar-refractivity contribution in [1.82, 2.24) is 18.6 Å². The van der Waals surface area contributed by atoms with E-state index in [0.29, 0.717) is 18.7 Å². The lowest BCUT2D eigenvalue weighted by Gasteiger charge is -2.34. The molecule has 4 heterocycles. The number of anilines is 1. The number of hydrogen-bond donors (Lipinski definition) is 0. The Labute approximate surface area is 168 Å². The minimum atomic E-state index is 0.0580. The summed E-state index contributed by atoms with van der Waals surface area (Å²) < 4.78 is 8.42. The highest BCUT2D eigenvalue weighted by molar-refractivity contribution is 7.14. The molecule has 0 unspecified atom stereocenters. The smallest absolute Gasteiger partial charge is 0.254 e. The number of fused-ring (bicyclic) bond motifs is 1. The summed E-state index contributed by atoms with van der Waals surface area (Å²) in [4.78, 5) is 21.8. The maximum absolute atomic E-state index is 12.8. The van der Waals surface area contributed by atoms with E-state index in [-0.39, 0.29) is 5.91 Å². The Kier molecular flexibility index (Phi) is 4.35. The van der Waals surface area contributed by atoms with Gasteiger partial charge in [0.25, 0.3) is 5.91 Å². The van der Waals surface area contributed by atoms with Gasteiger partial charge in [0.1, 0.15) is 11.0 Å². The average Bonchev–Trinajstić information content (AvgIpc) is 3.48. The van der Waals surface area contributed by atoms with Crippen molar-refractivity contribution in [3.05, 3.63) is 46.0 Å². The van der Waals surface area contributed by atoms with E-state index in [1.54, 1.807) is 22.7 Å². The van der Waals surface area contributed by atoms with Gasteiger partial charge in [-0.1, -0.05) is 0 Å². The summed E-state index contributed by atoms with van der Waals surface area (Å²) in [6.07, 6.45) is 0. The molecule has 4 aromatic rings. The molecule has 9 heteroatoms. The van der Waals surface area contributed by atoms with Crippen LogP contribution in [-0.4, -0.2) is 50.7 Å². The third-order valence-electron chi connectivity index (χ3n) is 4.65. The Morgan fingerprint density at radius 3 is 2.67 bits per heavy atom. The maximum atomic E-state index is 12.8. The standard InChI is InChI=1S/C18H15N5OS3/c24-17(12-1-2-14-15(9-12)21-27-20-14)22-4-6-23(7-5-22)18-19-16(11-26-18)13-3-8-25-10-13/h1-3,8-11H,4-7H2. The molecule has 0 N–H and O–H groups in total. The molecule has 0 spiro atoms. The van der Waals surface area contributed by atoms with Crippen LogP contribution >= 0.6 is 34.4 Å². The van der Waals surface area contributed by atoms with Crippen LogP contribution in [0.4, 0.5) is 5.13 Å². The van der Waals surface area contributed by atoms with E-state index in [4.69, 9.17) is 4.98 Å². The number of nitrogens with zero attached hydrogens (tertiary/aromatic N) is 5. The van der Waals surface area contributed by atoms with Crippen LogP contribution in [0.5, 0.6) is 0 Å². The van der Waals surface area contributed by atoms with Crippen LogP contribution in [0.2, 0.25) is 0 Å². The van der Waals surface area contributed by atoms with Crippen molar-refractivity contribution in [2.75, 3.05) is 31.1 Å². The second kappa shape index (κ2) is 6.99. The molecule has 136 valence electrons. The van der Waals surface area contributed by atoms with Gasteiger partial charge in [0.05, 0.1) is 17.4 Å². The van der Waals surface area contributed by atoms with E-state index in [0.717, 1.165) is 34.9 Å². The third kappa shape index (κ3) is 3.22. The molecule has 1 aromatic carbocycles. The molecule has 6 nitrogen and oxygen atoms in total. The van der Waals surface area contributed by atoms with Crippen LogP contribution in [-0.2, 0) is 0 Å². The van der Waals surface area contributed by atoms with Gasteiger partial charge in [0.15, 0.2) is 5.13 Å². The Bertz CT molecular complexity index is 1080. The van der Waals surface area contributed by atoms with Crippen molar-refractivity contribution in [1.29, 1.82) is 0 Å². The molecule has 27 heavy (non-hydrogen) atoms. The summed E-state index contributed by atoms with van der Waals surface area (Å²) in [7, 11) is 0. The monoisotopic (exact) mass is 413 g/mol. The van der Waals surface area contributed by atoms with Crippen LogP contribution in [0.1, 0.15) is 10.4 Å². The number of carbonyl (C=O) groups excluding carboxylic acids is 1. The number of benzene rings is 1. The molecule has 0 bridgehead atoms. The van der Waals surface area contributed by atoms with E-state index in [1.165, 1.54) is 17.3 Å². The van der Waals surface area contributed by atoms with E-state index >= 15 is 0 Å². The summed E-state index contributed by atoms with van der Waals surface area (Å²) in [5.74, 6) is 0.0580. The Morgan fingerprint density at radius 1 is 1.00 bits per heavy atom. The van der Waals surface area contributed by atoms with Crippen LogP contribution in [0.25, 0.3) is 22.3 Å². The number of thiazole rings is 1. The number of hydrogen-bond acceptors (Lipinski definition) is 8. The van der Waals surface area contributed by atoms with Gasteiger partial charge in [-0.15, -0.1) is 11.3 Å². The number of piperazine rings is 1. The predicted molar refractivity (Wildman–Crippen MR) is 111 cm³/mol. The molecule has 1 saturated heterocycles. The molecule has 1 amide bonds. The zero-order valence-corrected chi connectivity index (χ0v) is 16.7. The second-order valence-electron chi connectivity index (χ2n) is 6.27. The third-order valence-corrected chi connectivity index (χ3v) is 6.79. The molecule has 0 aliphatic carbocycles. The molecule has 1 fully saturated rings. The number of amides is 1. The van der Waals surface area contributed by atoms with E-state index in [9.17, 15) is 4.79 Å². The SMILES string of the molecule is O=C(c1ccc2nsnc2c1)N1CCN(c2nc(-c3ccsc3)cs2)CC1. The first-order chi connectivity index (χ1) is 13.3. The topological polar surface area (TPSA) is 62.2 Å².